The summed E-state index contributed by atoms with van der Waals surface area (Å²) in [5.74, 6) is 0.562. The largest absolute Gasteiger partial charge is 0.338 e. The fraction of sp³-hybridized carbons (Fsp3) is 0.333. The Kier molecular flexibility index (Phi) is 18.0. The third-order valence-corrected chi connectivity index (χ3v) is 7.53. The van der Waals surface area contributed by atoms with Gasteiger partial charge in [-0.25, -0.2) is 0 Å². The molecule has 7 aromatic rings. The average Bonchev–Trinajstić information content (AvgIpc) is 3.65. The van der Waals surface area contributed by atoms with Crippen molar-refractivity contribution in [2.24, 2.45) is 0 Å². The summed E-state index contributed by atoms with van der Waals surface area (Å²) in [6.45, 7) is 24.9. The molecule has 0 fully saturated rings. The smallest absolute Gasteiger partial charge is 0.0541 e. The van der Waals surface area contributed by atoms with Crippen molar-refractivity contribution in [3.63, 3.8) is 0 Å². The predicted octanol–water partition coefficient (Wildman–Crippen LogP) is 15.0. The number of nitrogens with zero attached hydrogens (tertiary/aromatic N) is 2. The van der Waals surface area contributed by atoms with Gasteiger partial charge in [0.2, 0.25) is 0 Å². The molecular formula is C45H62N2. The maximum atomic E-state index is 2.41. The molecule has 7 rings (SSSR count). The van der Waals surface area contributed by atoms with Gasteiger partial charge in [-0.3, -0.25) is 0 Å². The number of aromatic nitrogens is 2. The summed E-state index contributed by atoms with van der Waals surface area (Å²) in [4.78, 5) is 0. The Morgan fingerprint density at radius 3 is 1.00 bits per heavy atom. The molecule has 252 valence electrons. The zero-order valence-corrected chi connectivity index (χ0v) is 30.6. The normalized spacial score (nSPS) is 9.91. The van der Waals surface area contributed by atoms with E-state index in [1.165, 1.54) is 54.9 Å². The van der Waals surface area contributed by atoms with Gasteiger partial charge in [0.1, 0.15) is 0 Å². The number of benzene rings is 5. The second-order valence-corrected chi connectivity index (χ2v) is 10.6. The Morgan fingerprint density at radius 2 is 0.681 bits per heavy atom. The first-order valence-electron chi connectivity index (χ1n) is 17.6. The Morgan fingerprint density at radius 1 is 0.383 bits per heavy atom. The first-order valence-corrected chi connectivity index (χ1v) is 17.6. The molecule has 0 atom stereocenters. The van der Waals surface area contributed by atoms with Gasteiger partial charge in [-0.2, -0.15) is 0 Å². The van der Waals surface area contributed by atoms with E-state index in [-0.39, 0.29) is 7.43 Å². The van der Waals surface area contributed by atoms with Crippen molar-refractivity contribution >= 4 is 43.6 Å². The lowest BCUT2D eigenvalue weighted by Crippen LogP contribution is -1.99. The fourth-order valence-corrected chi connectivity index (χ4v) is 5.72. The molecule has 0 saturated heterocycles. The van der Waals surface area contributed by atoms with Crippen LogP contribution < -0.4 is 0 Å². The van der Waals surface area contributed by atoms with E-state index in [2.05, 4.69) is 158 Å². The van der Waals surface area contributed by atoms with Crippen LogP contribution in [0.4, 0.5) is 0 Å². The molecule has 47 heavy (non-hydrogen) atoms. The third-order valence-electron chi connectivity index (χ3n) is 7.53. The summed E-state index contributed by atoms with van der Waals surface area (Å²) in [6, 6.07) is 43.9. The minimum absolute atomic E-state index is 0. The lowest BCUT2D eigenvalue weighted by Gasteiger charge is -2.10. The molecule has 0 N–H and O–H groups in total. The van der Waals surface area contributed by atoms with Crippen LogP contribution in [0.2, 0.25) is 0 Å². The highest BCUT2D eigenvalue weighted by molar-refractivity contribution is 6.09. The molecular weight excluding hydrogens is 569 g/mol. The van der Waals surface area contributed by atoms with Gasteiger partial charge < -0.3 is 9.13 Å². The standard InChI is InChI=1S/C21H19N.C15H15N.4C2H6.CH4/c1-15(2)16-11-13-17(14-12-16)22-20-9-5-3-7-18(20)19-8-4-6-10-21(19)22;1-11(2)16-14-9-5-3-7-12(14)13-8-4-6-10-15(13)16;4*1-2;/h3-15H,1-2H3;3-11H,1-2H3;4*1-2H3;1H4. The highest BCUT2D eigenvalue weighted by atomic mass is 15.0. The second-order valence-electron chi connectivity index (χ2n) is 10.6. The van der Waals surface area contributed by atoms with Gasteiger partial charge >= 0.3 is 0 Å². The van der Waals surface area contributed by atoms with Crippen molar-refractivity contribution in [1.29, 1.82) is 0 Å². The molecule has 0 saturated carbocycles. The zero-order valence-electron chi connectivity index (χ0n) is 30.6. The summed E-state index contributed by atoms with van der Waals surface area (Å²) in [6.07, 6.45) is 0. The van der Waals surface area contributed by atoms with Gasteiger partial charge in [-0.05, 0) is 61.7 Å². The number of hydrogen-bond acceptors (Lipinski definition) is 0. The third kappa shape index (κ3) is 8.95. The van der Waals surface area contributed by atoms with E-state index in [0.717, 1.165) is 0 Å². The molecule has 5 aromatic carbocycles. The van der Waals surface area contributed by atoms with Crippen molar-refractivity contribution in [1.82, 2.24) is 9.13 Å². The number of hydrogen-bond donors (Lipinski definition) is 0. The van der Waals surface area contributed by atoms with Crippen molar-refractivity contribution in [2.45, 2.75) is 102 Å². The van der Waals surface area contributed by atoms with Crippen molar-refractivity contribution in [3.8, 4) is 5.69 Å². The molecule has 2 aromatic heterocycles. The summed E-state index contributed by atoms with van der Waals surface area (Å²) in [5.41, 5.74) is 7.80. The lowest BCUT2D eigenvalue weighted by atomic mass is 10.0. The van der Waals surface area contributed by atoms with Crippen LogP contribution in [0, 0.1) is 0 Å². The van der Waals surface area contributed by atoms with Crippen LogP contribution in [0.1, 0.15) is 108 Å². The maximum absolute atomic E-state index is 2.41. The summed E-state index contributed by atoms with van der Waals surface area (Å²) < 4.78 is 4.76. The van der Waals surface area contributed by atoms with Crippen LogP contribution >= 0.6 is 0 Å². The summed E-state index contributed by atoms with van der Waals surface area (Å²) >= 11 is 0. The lowest BCUT2D eigenvalue weighted by molar-refractivity contribution is 0.642. The monoisotopic (exact) mass is 630 g/mol. The van der Waals surface area contributed by atoms with Crippen LogP contribution in [-0.2, 0) is 0 Å². The van der Waals surface area contributed by atoms with E-state index in [1.807, 2.05) is 55.4 Å². The van der Waals surface area contributed by atoms with Gasteiger partial charge in [0, 0.05) is 44.3 Å². The van der Waals surface area contributed by atoms with Crippen molar-refractivity contribution in [3.05, 3.63) is 127 Å². The molecule has 0 radical (unpaired) electrons. The predicted molar refractivity (Wildman–Crippen MR) is 217 cm³/mol. The SMILES string of the molecule is C.CC.CC.CC.CC.CC(C)c1ccc(-n2c3ccccc3c3ccccc32)cc1.CC(C)n1c2ccccc2c2ccccc21. The molecule has 0 aliphatic rings. The molecule has 0 unspecified atom stereocenters. The second kappa shape index (κ2) is 20.7. The van der Waals surface area contributed by atoms with Crippen molar-refractivity contribution in [2.75, 3.05) is 0 Å². The molecule has 0 amide bonds. The molecule has 0 aliphatic heterocycles. The van der Waals surface area contributed by atoms with E-state index >= 15 is 0 Å². The van der Waals surface area contributed by atoms with E-state index in [1.54, 1.807) is 0 Å². The van der Waals surface area contributed by atoms with Crippen LogP contribution in [0.3, 0.4) is 0 Å². The van der Waals surface area contributed by atoms with Crippen LogP contribution in [-0.4, -0.2) is 9.13 Å². The summed E-state index contributed by atoms with van der Waals surface area (Å²) in [7, 11) is 0. The van der Waals surface area contributed by atoms with Gasteiger partial charge in [-0.1, -0.05) is 162 Å². The first kappa shape index (κ1) is 40.7. The van der Waals surface area contributed by atoms with Crippen LogP contribution in [0.25, 0.3) is 49.3 Å². The molecule has 2 nitrogen and oxygen atoms in total. The van der Waals surface area contributed by atoms with Gasteiger partial charge in [-0.15, -0.1) is 0 Å². The van der Waals surface area contributed by atoms with E-state index < -0.39 is 0 Å². The topological polar surface area (TPSA) is 9.86 Å². The van der Waals surface area contributed by atoms with E-state index in [0.29, 0.717) is 12.0 Å². The highest BCUT2D eigenvalue weighted by Gasteiger charge is 2.12. The Labute approximate surface area is 287 Å². The molecule has 0 spiro atoms. The van der Waals surface area contributed by atoms with Gasteiger partial charge in [0.25, 0.3) is 0 Å². The number of fused-ring (bicyclic) bond motifs is 6. The van der Waals surface area contributed by atoms with Crippen LogP contribution in [0.5, 0.6) is 0 Å². The van der Waals surface area contributed by atoms with Gasteiger partial charge in [0.05, 0.1) is 11.0 Å². The van der Waals surface area contributed by atoms with Crippen LogP contribution in [0.15, 0.2) is 121 Å². The molecule has 2 heterocycles. The first-order chi connectivity index (χ1) is 22.5. The number of rotatable bonds is 3. The van der Waals surface area contributed by atoms with Gasteiger partial charge in [0.15, 0.2) is 0 Å². The maximum Gasteiger partial charge on any atom is 0.0541 e. The Hall–Kier alpha value is -4.30. The Balaban J connectivity index is 0.000000392. The zero-order chi connectivity index (χ0) is 34.2. The summed E-state index contributed by atoms with van der Waals surface area (Å²) in [5, 5.41) is 5.33. The highest BCUT2D eigenvalue weighted by Crippen LogP contribution is 2.33. The van der Waals surface area contributed by atoms with E-state index in [4.69, 9.17) is 0 Å². The minimum atomic E-state index is 0. The van der Waals surface area contributed by atoms with E-state index in [9.17, 15) is 0 Å². The minimum Gasteiger partial charge on any atom is -0.338 e. The van der Waals surface area contributed by atoms with Crippen molar-refractivity contribution < 1.29 is 0 Å². The molecule has 0 bridgehead atoms. The molecule has 2 heteroatoms. The fourth-order valence-electron chi connectivity index (χ4n) is 5.72. The Bertz CT molecular complexity index is 1760. The molecule has 0 aliphatic carbocycles. The number of para-hydroxylation sites is 4. The average molecular weight is 631 g/mol. The quantitative estimate of drug-likeness (QED) is 0.184.